The molecule has 2 rings (SSSR count). The Bertz CT molecular complexity index is 652. The molecule has 0 spiro atoms. The van der Waals surface area contributed by atoms with Crippen molar-refractivity contribution in [3.8, 4) is 0 Å². The molecule has 1 amide bonds. The van der Waals surface area contributed by atoms with Crippen LogP contribution < -0.4 is 11.1 Å². The Balaban J connectivity index is 2.48. The average Bonchev–Trinajstić information content (AvgIpc) is 2.43. The third kappa shape index (κ3) is 2.73. The van der Waals surface area contributed by atoms with Crippen LogP contribution in [0.25, 0.3) is 0 Å². The first-order chi connectivity index (χ1) is 9.78. The average molecular weight is 315 g/mol. The van der Waals surface area contributed by atoms with Crippen LogP contribution in [0.5, 0.6) is 0 Å². The summed E-state index contributed by atoms with van der Waals surface area (Å²) in [5.74, 6) is -0.948. The third-order valence-corrected chi connectivity index (χ3v) is 5.42. The second kappa shape index (κ2) is 5.61. The summed E-state index contributed by atoms with van der Waals surface area (Å²) in [6.07, 6.45) is 0.362. The highest BCUT2D eigenvalue weighted by Gasteiger charge is 2.37. The van der Waals surface area contributed by atoms with Crippen molar-refractivity contribution in [2.45, 2.75) is 31.2 Å². The highest BCUT2D eigenvalue weighted by atomic mass is 32.2. The number of nitrogens with zero attached hydrogens (tertiary/aromatic N) is 1. The van der Waals surface area contributed by atoms with Gasteiger partial charge < -0.3 is 11.1 Å². The minimum Gasteiger partial charge on any atom is -0.396 e. The topological polar surface area (TPSA) is 92.5 Å². The van der Waals surface area contributed by atoms with E-state index in [9.17, 15) is 17.6 Å². The van der Waals surface area contributed by atoms with Crippen LogP contribution in [-0.2, 0) is 14.8 Å². The Morgan fingerprint density at radius 1 is 1.48 bits per heavy atom. The fourth-order valence-electron chi connectivity index (χ4n) is 2.42. The Labute approximate surface area is 123 Å². The van der Waals surface area contributed by atoms with Gasteiger partial charge in [-0.25, -0.2) is 12.8 Å². The van der Waals surface area contributed by atoms with E-state index < -0.39 is 21.9 Å². The van der Waals surface area contributed by atoms with Gasteiger partial charge in [0.1, 0.15) is 11.9 Å². The standard InChI is InChI=1S/C13H18FN3O3S/c1-3-11-13(18)16-4-5-17(11)21(19,20)9-6-8(2)12(14)10(15)7-9/h6-7,11H,3-5,15H2,1-2H3,(H,16,18). The molecule has 116 valence electrons. The quantitative estimate of drug-likeness (QED) is 0.800. The molecule has 1 aromatic rings. The van der Waals surface area contributed by atoms with E-state index in [0.717, 1.165) is 10.4 Å². The molecule has 1 aliphatic heterocycles. The number of nitrogens with two attached hydrogens (primary N) is 1. The fourth-order valence-corrected chi connectivity index (χ4v) is 4.20. The number of carbonyl (C=O) groups excluding carboxylic acids is 1. The zero-order valence-electron chi connectivity index (χ0n) is 11.9. The molecule has 0 bridgehead atoms. The molecule has 1 aromatic carbocycles. The summed E-state index contributed by atoms with van der Waals surface area (Å²) in [6.45, 7) is 3.63. The number of piperazine rings is 1. The van der Waals surface area contributed by atoms with Crippen LogP contribution in [-0.4, -0.2) is 37.8 Å². The van der Waals surface area contributed by atoms with Crippen molar-refractivity contribution in [3.63, 3.8) is 0 Å². The summed E-state index contributed by atoms with van der Waals surface area (Å²) in [6, 6.07) is 1.58. The van der Waals surface area contributed by atoms with Crippen molar-refractivity contribution in [1.82, 2.24) is 9.62 Å². The maximum atomic E-state index is 13.5. The van der Waals surface area contributed by atoms with Gasteiger partial charge in [-0.2, -0.15) is 4.31 Å². The number of carbonyl (C=O) groups is 1. The molecule has 1 saturated heterocycles. The number of benzene rings is 1. The smallest absolute Gasteiger partial charge is 0.243 e. The number of anilines is 1. The SMILES string of the molecule is CCC1C(=O)NCCN1S(=O)(=O)c1cc(C)c(F)c(N)c1. The van der Waals surface area contributed by atoms with Crippen LogP contribution in [0.3, 0.4) is 0 Å². The number of amides is 1. The molecule has 21 heavy (non-hydrogen) atoms. The van der Waals surface area contributed by atoms with E-state index in [0.29, 0.717) is 6.42 Å². The molecule has 0 radical (unpaired) electrons. The molecular formula is C13H18FN3O3S. The number of hydrogen-bond donors (Lipinski definition) is 2. The number of nitrogens with one attached hydrogen (secondary N) is 1. The number of nitrogen functional groups attached to an aromatic ring is 1. The van der Waals surface area contributed by atoms with Crippen LogP contribution in [0.4, 0.5) is 10.1 Å². The molecule has 0 aromatic heterocycles. The van der Waals surface area contributed by atoms with Gasteiger partial charge >= 0.3 is 0 Å². The molecule has 1 atom stereocenters. The van der Waals surface area contributed by atoms with Gasteiger partial charge in [-0.3, -0.25) is 4.79 Å². The van der Waals surface area contributed by atoms with Gasteiger partial charge in [0.25, 0.3) is 0 Å². The van der Waals surface area contributed by atoms with E-state index in [1.165, 1.54) is 13.0 Å². The number of rotatable bonds is 3. The molecular weight excluding hydrogens is 297 g/mol. The largest absolute Gasteiger partial charge is 0.396 e. The van der Waals surface area contributed by atoms with Crippen molar-refractivity contribution in [3.05, 3.63) is 23.5 Å². The summed E-state index contributed by atoms with van der Waals surface area (Å²) < 4.78 is 40.1. The second-order valence-corrected chi connectivity index (χ2v) is 6.86. The molecule has 6 nitrogen and oxygen atoms in total. The summed E-state index contributed by atoms with van der Waals surface area (Å²) >= 11 is 0. The second-order valence-electron chi connectivity index (χ2n) is 4.97. The predicted octanol–water partition coefficient (Wildman–Crippen LogP) is 0.615. The van der Waals surface area contributed by atoms with E-state index in [2.05, 4.69) is 5.32 Å². The van der Waals surface area contributed by atoms with Gasteiger partial charge in [0.05, 0.1) is 10.6 Å². The van der Waals surface area contributed by atoms with Crippen molar-refractivity contribution >= 4 is 21.6 Å². The number of hydrogen-bond acceptors (Lipinski definition) is 4. The molecule has 1 heterocycles. The molecule has 8 heteroatoms. The van der Waals surface area contributed by atoms with Gasteiger partial charge in [-0.05, 0) is 31.0 Å². The van der Waals surface area contributed by atoms with Gasteiger partial charge in [-0.1, -0.05) is 6.92 Å². The third-order valence-electron chi connectivity index (χ3n) is 3.53. The van der Waals surface area contributed by atoms with Crippen molar-refractivity contribution in [1.29, 1.82) is 0 Å². The lowest BCUT2D eigenvalue weighted by atomic mass is 10.2. The van der Waals surface area contributed by atoms with E-state index in [1.807, 2.05) is 0 Å². The molecule has 0 aliphatic carbocycles. The van der Waals surface area contributed by atoms with Crippen molar-refractivity contribution in [2.75, 3.05) is 18.8 Å². The van der Waals surface area contributed by atoms with Crippen LogP contribution >= 0.6 is 0 Å². The lowest BCUT2D eigenvalue weighted by Gasteiger charge is -2.33. The predicted molar refractivity (Wildman–Crippen MR) is 76.5 cm³/mol. The maximum Gasteiger partial charge on any atom is 0.243 e. The fraction of sp³-hybridized carbons (Fsp3) is 0.462. The molecule has 0 saturated carbocycles. The highest BCUT2D eigenvalue weighted by Crippen LogP contribution is 2.26. The normalized spacial score (nSPS) is 20.3. The first-order valence-corrected chi connectivity index (χ1v) is 8.08. The van der Waals surface area contributed by atoms with Crippen LogP contribution in [0, 0.1) is 12.7 Å². The van der Waals surface area contributed by atoms with E-state index >= 15 is 0 Å². The number of aryl methyl sites for hydroxylation is 1. The lowest BCUT2D eigenvalue weighted by molar-refractivity contribution is -0.126. The summed E-state index contributed by atoms with van der Waals surface area (Å²) in [5, 5.41) is 2.64. The van der Waals surface area contributed by atoms with Gasteiger partial charge in [0, 0.05) is 13.1 Å². The van der Waals surface area contributed by atoms with E-state index in [1.54, 1.807) is 6.92 Å². The van der Waals surface area contributed by atoms with Crippen LogP contribution in [0.1, 0.15) is 18.9 Å². The summed E-state index contributed by atoms with van der Waals surface area (Å²) in [5.41, 5.74) is 5.44. The molecule has 1 fully saturated rings. The van der Waals surface area contributed by atoms with E-state index in [-0.39, 0.29) is 35.1 Å². The van der Waals surface area contributed by atoms with Gasteiger partial charge in [0.15, 0.2) is 0 Å². The Morgan fingerprint density at radius 2 is 2.14 bits per heavy atom. The number of halogens is 1. The van der Waals surface area contributed by atoms with Crippen molar-refractivity contribution < 1.29 is 17.6 Å². The zero-order valence-corrected chi connectivity index (χ0v) is 12.7. The maximum absolute atomic E-state index is 13.5. The number of sulfonamides is 1. The van der Waals surface area contributed by atoms with Gasteiger partial charge in [-0.15, -0.1) is 0 Å². The monoisotopic (exact) mass is 315 g/mol. The molecule has 1 aliphatic rings. The molecule has 3 N–H and O–H groups in total. The Morgan fingerprint density at radius 3 is 2.71 bits per heavy atom. The first kappa shape index (κ1) is 15.7. The molecule has 1 unspecified atom stereocenters. The first-order valence-electron chi connectivity index (χ1n) is 6.64. The van der Waals surface area contributed by atoms with Crippen LogP contribution in [0.15, 0.2) is 17.0 Å². The summed E-state index contributed by atoms with van der Waals surface area (Å²) in [7, 11) is -3.89. The van der Waals surface area contributed by atoms with E-state index in [4.69, 9.17) is 5.73 Å². The Kier molecular flexibility index (Phi) is 4.20. The van der Waals surface area contributed by atoms with Crippen LogP contribution in [0.2, 0.25) is 0 Å². The minimum atomic E-state index is -3.89. The van der Waals surface area contributed by atoms with Crippen molar-refractivity contribution in [2.24, 2.45) is 0 Å². The minimum absolute atomic E-state index is 0.0907. The Hall–Kier alpha value is -1.67. The van der Waals surface area contributed by atoms with Gasteiger partial charge in [0.2, 0.25) is 15.9 Å². The lowest BCUT2D eigenvalue weighted by Crippen LogP contribution is -2.56. The zero-order chi connectivity index (χ0) is 15.8. The highest BCUT2D eigenvalue weighted by molar-refractivity contribution is 7.89. The summed E-state index contributed by atoms with van der Waals surface area (Å²) in [4.78, 5) is 11.7.